The van der Waals surface area contributed by atoms with E-state index in [0.29, 0.717) is 11.7 Å². The lowest BCUT2D eigenvalue weighted by molar-refractivity contribution is 0.00194. The van der Waals surface area contributed by atoms with Gasteiger partial charge in [0, 0.05) is 17.4 Å². The lowest BCUT2D eigenvalue weighted by Crippen LogP contribution is -2.44. The van der Waals surface area contributed by atoms with E-state index in [1.54, 1.807) is 0 Å². The van der Waals surface area contributed by atoms with Crippen molar-refractivity contribution >= 4 is 0 Å². The Hall–Kier alpha value is -1.22. The lowest BCUT2D eigenvalue weighted by Gasteiger charge is -2.45. The molecule has 1 fully saturated rings. The zero-order valence-corrected chi connectivity index (χ0v) is 18.6. The van der Waals surface area contributed by atoms with E-state index in [1.807, 2.05) is 6.07 Å². The highest BCUT2D eigenvalue weighted by Gasteiger charge is 2.46. The van der Waals surface area contributed by atoms with Crippen LogP contribution >= 0.6 is 0 Å². The first-order chi connectivity index (χ1) is 13.2. The fourth-order valence-electron chi connectivity index (χ4n) is 5.46. The molecule has 1 aromatic rings. The van der Waals surface area contributed by atoms with Crippen molar-refractivity contribution < 1.29 is 14.9 Å². The number of fused-ring (bicyclic) bond motifs is 3. The largest absolute Gasteiger partial charge is 0.508 e. The Balaban J connectivity index is 1.93. The van der Waals surface area contributed by atoms with Crippen LogP contribution in [0.2, 0.25) is 0 Å². The molecule has 0 saturated heterocycles. The molecular weight excluding hydrogens is 348 g/mol. The number of ether oxygens (including phenoxy) is 1. The molecule has 158 valence electrons. The van der Waals surface area contributed by atoms with Crippen molar-refractivity contribution in [3.63, 3.8) is 0 Å². The van der Waals surface area contributed by atoms with E-state index in [9.17, 15) is 10.2 Å². The summed E-state index contributed by atoms with van der Waals surface area (Å²) in [6, 6.07) is 4.14. The zero-order chi connectivity index (χ0) is 20.5. The van der Waals surface area contributed by atoms with Crippen LogP contribution in [-0.2, 0) is 5.41 Å². The second-order valence-corrected chi connectivity index (χ2v) is 10.3. The van der Waals surface area contributed by atoms with Gasteiger partial charge in [0.1, 0.15) is 17.1 Å². The van der Waals surface area contributed by atoms with Gasteiger partial charge in [-0.1, -0.05) is 52.9 Å². The Kier molecular flexibility index (Phi) is 6.34. The molecule has 0 radical (unpaired) electrons. The Morgan fingerprint density at radius 1 is 1.14 bits per heavy atom. The van der Waals surface area contributed by atoms with Crippen LogP contribution in [0.4, 0.5) is 0 Å². The van der Waals surface area contributed by atoms with Crippen molar-refractivity contribution in [1.29, 1.82) is 0 Å². The summed E-state index contributed by atoms with van der Waals surface area (Å²) < 4.78 is 6.50. The number of phenols is 1. The molecule has 3 atom stereocenters. The summed E-state index contributed by atoms with van der Waals surface area (Å²) >= 11 is 0. The molecule has 2 aliphatic rings. The maximum Gasteiger partial charge on any atom is 0.127 e. The van der Waals surface area contributed by atoms with Gasteiger partial charge in [0.15, 0.2) is 0 Å². The van der Waals surface area contributed by atoms with Crippen LogP contribution in [0.25, 0.3) is 0 Å². The van der Waals surface area contributed by atoms with Crippen LogP contribution in [0.3, 0.4) is 0 Å². The highest BCUT2D eigenvalue weighted by atomic mass is 16.5. The smallest absolute Gasteiger partial charge is 0.127 e. The van der Waals surface area contributed by atoms with E-state index in [4.69, 9.17) is 4.74 Å². The summed E-state index contributed by atoms with van der Waals surface area (Å²) in [5, 5.41) is 21.5. The van der Waals surface area contributed by atoms with Gasteiger partial charge in [-0.15, -0.1) is 0 Å². The van der Waals surface area contributed by atoms with E-state index in [0.717, 1.165) is 49.0 Å². The highest BCUT2D eigenvalue weighted by molar-refractivity contribution is 5.53. The minimum atomic E-state index is -0.286. The van der Waals surface area contributed by atoms with Crippen molar-refractivity contribution in [2.24, 2.45) is 5.92 Å². The number of aliphatic hydroxyl groups excluding tert-OH is 1. The number of unbranched alkanes of at least 4 members (excludes halogenated alkanes) is 3. The molecule has 0 aromatic heterocycles. The average Bonchev–Trinajstić information content (AvgIpc) is 2.80. The lowest BCUT2D eigenvalue weighted by atomic mass is 9.70. The van der Waals surface area contributed by atoms with Gasteiger partial charge in [-0.25, -0.2) is 0 Å². The van der Waals surface area contributed by atoms with Crippen LogP contribution in [0.15, 0.2) is 12.1 Å². The van der Waals surface area contributed by atoms with Crippen LogP contribution in [0.5, 0.6) is 11.5 Å². The number of hydrogen-bond acceptors (Lipinski definition) is 3. The number of hydrogen-bond donors (Lipinski definition) is 2. The molecule has 0 amide bonds. The van der Waals surface area contributed by atoms with E-state index in [1.165, 1.54) is 25.7 Å². The quantitative estimate of drug-likeness (QED) is 0.551. The van der Waals surface area contributed by atoms with Gasteiger partial charge >= 0.3 is 0 Å². The molecule has 0 unspecified atom stereocenters. The Labute approximate surface area is 171 Å². The minimum Gasteiger partial charge on any atom is -0.508 e. The van der Waals surface area contributed by atoms with E-state index >= 15 is 0 Å². The molecule has 28 heavy (non-hydrogen) atoms. The molecule has 3 nitrogen and oxygen atoms in total. The van der Waals surface area contributed by atoms with E-state index in [-0.39, 0.29) is 23.0 Å². The van der Waals surface area contributed by atoms with Crippen LogP contribution in [0.1, 0.15) is 109 Å². The fourth-order valence-corrected chi connectivity index (χ4v) is 5.46. The van der Waals surface area contributed by atoms with Gasteiger partial charge in [0.05, 0.1) is 6.10 Å². The predicted molar refractivity (Wildman–Crippen MR) is 115 cm³/mol. The van der Waals surface area contributed by atoms with Gasteiger partial charge in [-0.2, -0.15) is 0 Å². The third kappa shape index (κ3) is 4.35. The molecule has 1 aliphatic heterocycles. The third-order valence-electron chi connectivity index (χ3n) is 7.26. The van der Waals surface area contributed by atoms with Gasteiger partial charge in [0.25, 0.3) is 0 Å². The number of aliphatic hydroxyl groups is 1. The summed E-state index contributed by atoms with van der Waals surface area (Å²) in [4.78, 5) is 0. The van der Waals surface area contributed by atoms with Gasteiger partial charge in [-0.05, 0) is 62.6 Å². The van der Waals surface area contributed by atoms with Crippen LogP contribution < -0.4 is 4.74 Å². The normalized spacial score (nSPS) is 26.7. The summed E-state index contributed by atoms with van der Waals surface area (Å²) in [5.74, 6) is 1.68. The molecule has 1 saturated carbocycles. The highest BCUT2D eigenvalue weighted by Crippen LogP contribution is 2.54. The van der Waals surface area contributed by atoms with E-state index < -0.39 is 0 Å². The first-order valence-electron chi connectivity index (χ1n) is 11.4. The molecule has 3 heteroatoms. The Morgan fingerprint density at radius 3 is 2.61 bits per heavy atom. The number of benzene rings is 1. The SMILES string of the molecule is CCCCCCC(C)(C)c1cc(O)c2c(c1)OC(C)(C)[C@@H]1CCC[C@H](O)C[C@@H]21. The average molecular weight is 389 g/mol. The van der Waals surface area contributed by atoms with Gasteiger partial charge in [-0.3, -0.25) is 0 Å². The maximum atomic E-state index is 11.0. The van der Waals surface area contributed by atoms with E-state index in [2.05, 4.69) is 40.7 Å². The molecule has 0 spiro atoms. The monoisotopic (exact) mass is 388 g/mol. The molecule has 1 aromatic carbocycles. The molecule has 2 N–H and O–H groups in total. The molecular formula is C25H40O3. The summed E-state index contributed by atoms with van der Waals surface area (Å²) in [6.45, 7) is 11.1. The summed E-state index contributed by atoms with van der Waals surface area (Å²) in [7, 11) is 0. The molecule has 3 rings (SSSR count). The Bertz CT molecular complexity index is 677. The minimum absolute atomic E-state index is 0.00751. The number of aromatic hydroxyl groups is 1. The van der Waals surface area contributed by atoms with Crippen molar-refractivity contribution in [2.45, 2.75) is 115 Å². The second kappa shape index (κ2) is 8.26. The molecule has 0 bridgehead atoms. The maximum absolute atomic E-state index is 11.0. The third-order valence-corrected chi connectivity index (χ3v) is 7.26. The topological polar surface area (TPSA) is 49.7 Å². The second-order valence-electron chi connectivity index (χ2n) is 10.3. The van der Waals surface area contributed by atoms with Crippen LogP contribution in [0, 0.1) is 5.92 Å². The standard InChI is InChI=1S/C25H40O3/c1-6-7-8-9-13-24(2,3)17-14-21(27)23-19-16-18(26)11-10-12-20(19)25(4,5)28-22(23)15-17/h14-15,18-20,26-27H,6-13,16H2,1-5H3/t18-,19+,20+/m0/s1. The van der Waals surface area contributed by atoms with Crippen molar-refractivity contribution in [1.82, 2.24) is 0 Å². The number of phenolic OH excluding ortho intramolecular Hbond substituents is 1. The molecule has 1 aliphatic carbocycles. The first kappa shape index (κ1) is 21.5. The zero-order valence-electron chi connectivity index (χ0n) is 18.6. The Morgan fingerprint density at radius 2 is 1.89 bits per heavy atom. The van der Waals surface area contributed by atoms with Gasteiger partial charge < -0.3 is 14.9 Å². The molecule has 1 heterocycles. The summed E-state index contributed by atoms with van der Waals surface area (Å²) in [5.41, 5.74) is 1.81. The number of rotatable bonds is 6. The van der Waals surface area contributed by atoms with Crippen LogP contribution in [-0.4, -0.2) is 21.9 Å². The van der Waals surface area contributed by atoms with Crippen molar-refractivity contribution in [3.05, 3.63) is 23.3 Å². The summed E-state index contributed by atoms with van der Waals surface area (Å²) in [6.07, 6.45) is 9.46. The fraction of sp³-hybridized carbons (Fsp3) is 0.760. The van der Waals surface area contributed by atoms with Gasteiger partial charge in [0.2, 0.25) is 0 Å². The predicted octanol–water partition coefficient (Wildman–Crippen LogP) is 6.45. The van der Waals surface area contributed by atoms with Crippen molar-refractivity contribution in [3.8, 4) is 11.5 Å². The van der Waals surface area contributed by atoms with Crippen molar-refractivity contribution in [2.75, 3.05) is 0 Å². The first-order valence-corrected chi connectivity index (χ1v) is 11.4.